The van der Waals surface area contributed by atoms with Crippen LogP contribution in [-0.4, -0.2) is 38.9 Å². The van der Waals surface area contributed by atoms with Gasteiger partial charge >= 0.3 is 160 Å². The predicted molar refractivity (Wildman–Crippen MR) is 186 cm³/mol. The van der Waals surface area contributed by atoms with Gasteiger partial charge in [-0.25, -0.2) is 0 Å². The summed E-state index contributed by atoms with van der Waals surface area (Å²) in [6.07, 6.45) is 6.79. The van der Waals surface area contributed by atoms with Crippen molar-refractivity contribution in [2.75, 3.05) is 0 Å². The predicted octanol–water partition coefficient (Wildman–Crippen LogP) is 7.12. The molecule has 2 aliphatic rings. The van der Waals surface area contributed by atoms with Crippen molar-refractivity contribution in [3.8, 4) is 22.4 Å². The van der Waals surface area contributed by atoms with Gasteiger partial charge in [0.1, 0.15) is 5.76 Å². The fourth-order valence-corrected chi connectivity index (χ4v) is 12.1. The molecule has 0 saturated heterocycles. The standard InChI is InChI=1S/C23H16NSeSi.C15H28O2.Ir/c1-26(2)18-11-5-9-16-20(18)21-17(10-6-12-19(21)26)25-23-15-8-4-3-7-14(15)13-24-22(16)23;1-7-14(5,8-2)12(16)11-13(17)15(6,9-3)10-4;/h3-8,10-13H,1-2H3;11,16H,7-10H2,1-6H3;/q-1;;/b;12-11-;. The van der Waals surface area contributed by atoms with Crippen molar-refractivity contribution >= 4 is 58.9 Å². The number of allylic oxidation sites excluding steroid dienone is 2. The molecule has 0 bridgehead atoms. The van der Waals surface area contributed by atoms with Gasteiger partial charge in [0, 0.05) is 37.0 Å². The van der Waals surface area contributed by atoms with Crippen molar-refractivity contribution in [2.45, 2.75) is 80.3 Å². The molecule has 0 fully saturated rings. The van der Waals surface area contributed by atoms with Crippen LogP contribution in [0.3, 0.4) is 0 Å². The van der Waals surface area contributed by atoms with E-state index in [-0.39, 0.29) is 57.4 Å². The zero-order valence-electron chi connectivity index (χ0n) is 27.2. The second-order valence-corrected chi connectivity index (χ2v) is 19.5. The Morgan fingerprint density at radius 1 is 0.909 bits per heavy atom. The van der Waals surface area contributed by atoms with E-state index < -0.39 is 8.07 Å². The summed E-state index contributed by atoms with van der Waals surface area (Å²) in [5.41, 5.74) is 4.70. The second-order valence-electron chi connectivity index (χ2n) is 13.0. The summed E-state index contributed by atoms with van der Waals surface area (Å²) >= 11 is 0.244. The molecule has 0 spiro atoms. The van der Waals surface area contributed by atoms with Crippen molar-refractivity contribution in [1.29, 1.82) is 0 Å². The van der Waals surface area contributed by atoms with E-state index in [0.29, 0.717) is 0 Å². The van der Waals surface area contributed by atoms with Crippen LogP contribution in [0.25, 0.3) is 33.2 Å². The molecule has 6 heteroatoms. The third-order valence-electron chi connectivity index (χ3n) is 10.4. The van der Waals surface area contributed by atoms with Gasteiger partial charge in [-0.05, 0) is 25.7 Å². The Hall–Kier alpha value is -2.33. The number of fused-ring (bicyclic) bond motifs is 4. The number of aliphatic hydroxyl groups excluding tert-OH is 1. The number of carbonyl (C=O) groups excluding carboxylic acids is 1. The van der Waals surface area contributed by atoms with E-state index in [1.807, 2.05) is 47.7 Å². The molecule has 2 aliphatic heterocycles. The van der Waals surface area contributed by atoms with Gasteiger partial charge in [-0.2, -0.15) is 0 Å². The molecule has 0 atom stereocenters. The largest absolute Gasteiger partial charge is 0 e. The van der Waals surface area contributed by atoms with Gasteiger partial charge in [-0.1, -0.05) is 41.5 Å². The number of ketones is 1. The van der Waals surface area contributed by atoms with Crippen LogP contribution >= 0.6 is 0 Å². The Bertz CT molecular complexity index is 1740. The molecular weight excluding hydrogens is 802 g/mol. The Morgan fingerprint density at radius 2 is 1.55 bits per heavy atom. The normalized spacial score (nSPS) is 14.5. The van der Waals surface area contributed by atoms with Gasteiger partial charge in [0.05, 0.1) is 0 Å². The summed E-state index contributed by atoms with van der Waals surface area (Å²) in [6, 6.07) is 23.6. The number of pyridine rings is 1. The number of aliphatic hydroxyl groups is 1. The molecule has 3 nitrogen and oxygen atoms in total. The van der Waals surface area contributed by atoms with Crippen LogP contribution in [-0.2, 0) is 24.9 Å². The smallest absolute Gasteiger partial charge is 0 e. The number of carbonyl (C=O) groups is 1. The maximum Gasteiger partial charge on any atom is 0 e. The van der Waals surface area contributed by atoms with Gasteiger partial charge in [-0.3, -0.25) is 4.79 Å². The third-order valence-corrected chi connectivity index (χ3v) is 16.4. The van der Waals surface area contributed by atoms with Crippen molar-refractivity contribution in [2.24, 2.45) is 10.8 Å². The first-order valence-electron chi connectivity index (χ1n) is 15.7. The maximum absolute atomic E-state index is 12.2. The SMILES string of the molecule is CCC(C)(CC)C(=O)/C=C(\O)C(C)(CC)CC.C[Si]1(C)c2cc[c-]c3c2-c2c(cccc21)[Se]c1c-3ncc2ccccc12.[Ir]. The number of benzene rings is 3. The first kappa shape index (κ1) is 34.5. The molecule has 3 heterocycles. The zero-order valence-corrected chi connectivity index (χ0v) is 32.3. The molecule has 0 amide bonds. The van der Waals surface area contributed by atoms with Gasteiger partial charge in [0.15, 0.2) is 5.78 Å². The molecule has 0 aliphatic carbocycles. The molecular formula is C38H44IrNO2SeSi-. The van der Waals surface area contributed by atoms with E-state index in [1.165, 1.54) is 42.5 Å². The topological polar surface area (TPSA) is 50.2 Å². The summed E-state index contributed by atoms with van der Waals surface area (Å²) in [4.78, 5) is 17.1. The van der Waals surface area contributed by atoms with E-state index >= 15 is 0 Å². The van der Waals surface area contributed by atoms with Crippen LogP contribution < -0.4 is 19.3 Å². The minimum Gasteiger partial charge on any atom is 0 e. The Kier molecular flexibility index (Phi) is 10.3. The molecule has 1 radical (unpaired) electrons. The number of rotatable bonds is 7. The summed E-state index contributed by atoms with van der Waals surface area (Å²) in [7, 11) is -1.64. The van der Waals surface area contributed by atoms with Crippen LogP contribution in [0.1, 0.15) is 67.2 Å². The van der Waals surface area contributed by atoms with Crippen LogP contribution in [0, 0.1) is 16.9 Å². The van der Waals surface area contributed by atoms with Crippen LogP contribution in [0.4, 0.5) is 0 Å². The molecule has 233 valence electrons. The molecule has 1 aromatic heterocycles. The monoisotopic (exact) mass is 847 g/mol. The van der Waals surface area contributed by atoms with Crippen LogP contribution in [0.2, 0.25) is 13.1 Å². The minimum absolute atomic E-state index is 0. The zero-order chi connectivity index (χ0) is 31.2. The summed E-state index contributed by atoms with van der Waals surface area (Å²) in [5, 5.41) is 15.8. The maximum atomic E-state index is 12.2. The Morgan fingerprint density at radius 3 is 2.20 bits per heavy atom. The van der Waals surface area contributed by atoms with Crippen molar-refractivity contribution in [3.05, 3.63) is 78.7 Å². The molecule has 0 saturated carbocycles. The first-order chi connectivity index (χ1) is 20.5. The molecule has 4 aromatic rings. The Balaban J connectivity index is 0.000000218. The molecule has 44 heavy (non-hydrogen) atoms. The van der Waals surface area contributed by atoms with Gasteiger partial charge in [0.2, 0.25) is 0 Å². The second kappa shape index (κ2) is 13.2. The summed E-state index contributed by atoms with van der Waals surface area (Å²) in [6.45, 7) is 17.0. The van der Waals surface area contributed by atoms with Gasteiger partial charge < -0.3 is 5.11 Å². The number of nitrogens with zero attached hydrogens (tertiary/aromatic N) is 1. The van der Waals surface area contributed by atoms with Crippen molar-refractivity contribution < 1.29 is 30.0 Å². The van der Waals surface area contributed by atoms with Crippen molar-refractivity contribution in [1.82, 2.24) is 4.98 Å². The third kappa shape index (κ3) is 5.74. The van der Waals surface area contributed by atoms with E-state index in [1.54, 1.807) is 10.4 Å². The summed E-state index contributed by atoms with van der Waals surface area (Å²) in [5.74, 6) is 0.286. The minimum atomic E-state index is -1.64. The molecule has 3 aromatic carbocycles. The van der Waals surface area contributed by atoms with E-state index in [2.05, 4.69) is 73.8 Å². The average Bonchev–Trinajstić information content (AvgIpc) is 3.17. The Labute approximate surface area is 284 Å². The van der Waals surface area contributed by atoms with E-state index in [4.69, 9.17) is 4.98 Å². The van der Waals surface area contributed by atoms with E-state index in [0.717, 1.165) is 31.4 Å². The molecule has 1 N–H and O–H groups in total. The first-order valence-corrected chi connectivity index (χ1v) is 20.4. The van der Waals surface area contributed by atoms with Crippen LogP contribution in [0.15, 0.2) is 72.6 Å². The average molecular weight is 846 g/mol. The number of hydrogen-bond acceptors (Lipinski definition) is 3. The van der Waals surface area contributed by atoms with Gasteiger partial charge in [-0.15, -0.1) is 0 Å². The molecule has 0 unspecified atom stereocenters. The van der Waals surface area contributed by atoms with Crippen LogP contribution in [0.5, 0.6) is 0 Å². The number of hydrogen-bond donors (Lipinski definition) is 1. The summed E-state index contributed by atoms with van der Waals surface area (Å²) < 4.78 is 2.91. The fourth-order valence-electron chi connectivity index (χ4n) is 6.22. The van der Waals surface area contributed by atoms with Crippen molar-refractivity contribution in [3.63, 3.8) is 0 Å². The molecule has 6 rings (SSSR count). The fraction of sp³-hybridized carbons (Fsp3) is 0.368. The number of aromatic nitrogens is 1. The van der Waals surface area contributed by atoms with Gasteiger partial charge in [0.25, 0.3) is 0 Å². The van der Waals surface area contributed by atoms with E-state index in [9.17, 15) is 9.90 Å². The quantitative estimate of drug-likeness (QED) is 0.0823.